The zero-order valence-electron chi connectivity index (χ0n) is 7.76. The summed E-state index contributed by atoms with van der Waals surface area (Å²) >= 11 is 0. The molecule has 4 nitrogen and oxygen atoms in total. The monoisotopic (exact) mass is 174 g/mol. The molecule has 0 aromatic rings. The van der Waals surface area contributed by atoms with E-state index in [4.69, 9.17) is 5.11 Å². The molecule has 0 aromatic heterocycles. The lowest BCUT2D eigenvalue weighted by Crippen LogP contribution is -2.32. The lowest BCUT2D eigenvalue weighted by atomic mass is 10.3. The van der Waals surface area contributed by atoms with Crippen molar-refractivity contribution in [2.75, 3.05) is 19.6 Å². The van der Waals surface area contributed by atoms with Crippen LogP contribution in [-0.4, -0.2) is 36.8 Å². The van der Waals surface area contributed by atoms with Crippen LogP contribution >= 0.6 is 0 Å². The van der Waals surface area contributed by atoms with E-state index in [1.807, 2.05) is 6.92 Å². The van der Waals surface area contributed by atoms with E-state index in [0.29, 0.717) is 19.5 Å². The van der Waals surface area contributed by atoms with E-state index >= 15 is 0 Å². The summed E-state index contributed by atoms with van der Waals surface area (Å²) in [5, 5.41) is 14.5. The molecule has 0 spiro atoms. The Bertz CT molecular complexity index is 126. The molecule has 0 aliphatic rings. The summed E-state index contributed by atoms with van der Waals surface area (Å²) in [4.78, 5) is 11.0. The maximum absolute atomic E-state index is 11.0. The zero-order valence-corrected chi connectivity index (χ0v) is 7.76. The first-order valence-electron chi connectivity index (χ1n) is 4.32. The van der Waals surface area contributed by atoms with E-state index in [-0.39, 0.29) is 5.91 Å². The van der Waals surface area contributed by atoms with Crippen LogP contribution in [0.3, 0.4) is 0 Å². The fraction of sp³-hybridized carbons (Fsp3) is 0.875. The third-order valence-electron chi connectivity index (χ3n) is 1.37. The van der Waals surface area contributed by atoms with Crippen LogP contribution in [0, 0.1) is 0 Å². The van der Waals surface area contributed by atoms with Crippen LogP contribution in [0.25, 0.3) is 0 Å². The number of aliphatic hydroxyl groups is 1. The molecule has 12 heavy (non-hydrogen) atoms. The highest BCUT2D eigenvalue weighted by Gasteiger charge is 2.01. The van der Waals surface area contributed by atoms with E-state index in [2.05, 4.69) is 10.6 Å². The fourth-order valence-corrected chi connectivity index (χ4v) is 0.729. The van der Waals surface area contributed by atoms with E-state index < -0.39 is 6.10 Å². The molecule has 1 amide bonds. The smallest absolute Gasteiger partial charge is 0.221 e. The van der Waals surface area contributed by atoms with Crippen molar-refractivity contribution < 1.29 is 9.90 Å². The molecule has 0 fully saturated rings. The molecule has 0 bridgehead atoms. The number of nitrogens with one attached hydrogen (secondary N) is 2. The van der Waals surface area contributed by atoms with Crippen LogP contribution in [-0.2, 0) is 4.79 Å². The van der Waals surface area contributed by atoms with Crippen LogP contribution in [0.15, 0.2) is 0 Å². The van der Waals surface area contributed by atoms with Gasteiger partial charge in [0.2, 0.25) is 5.91 Å². The standard InChI is InChI=1S/C8H18N2O2/c1-3-9-5-4-8(12)10-6-7(2)11/h7,9,11H,3-6H2,1-2H3,(H,10,12). The predicted molar refractivity (Wildman–Crippen MR) is 47.9 cm³/mol. The van der Waals surface area contributed by atoms with Crippen molar-refractivity contribution in [1.82, 2.24) is 10.6 Å². The van der Waals surface area contributed by atoms with Crippen molar-refractivity contribution in [3.63, 3.8) is 0 Å². The molecule has 0 aliphatic heterocycles. The summed E-state index contributed by atoms with van der Waals surface area (Å²) in [5.74, 6) is -0.0168. The third-order valence-corrected chi connectivity index (χ3v) is 1.37. The maximum Gasteiger partial charge on any atom is 0.221 e. The van der Waals surface area contributed by atoms with Gasteiger partial charge in [-0.2, -0.15) is 0 Å². The molecule has 4 heteroatoms. The molecule has 0 aromatic carbocycles. The summed E-state index contributed by atoms with van der Waals surface area (Å²) in [7, 11) is 0. The largest absolute Gasteiger partial charge is 0.392 e. The Hall–Kier alpha value is -0.610. The summed E-state index contributed by atoms with van der Waals surface area (Å²) < 4.78 is 0. The number of hydrogen-bond donors (Lipinski definition) is 3. The number of carbonyl (C=O) groups is 1. The van der Waals surface area contributed by atoms with Crippen molar-refractivity contribution in [1.29, 1.82) is 0 Å². The normalized spacial score (nSPS) is 12.6. The van der Waals surface area contributed by atoms with Gasteiger partial charge in [0.25, 0.3) is 0 Å². The Balaban J connectivity index is 3.22. The summed E-state index contributed by atoms with van der Waals surface area (Å²) in [6.45, 7) is 5.55. The molecule has 72 valence electrons. The first-order chi connectivity index (χ1) is 5.66. The van der Waals surface area contributed by atoms with Crippen molar-refractivity contribution in [3.8, 4) is 0 Å². The van der Waals surface area contributed by atoms with Crippen molar-refractivity contribution in [2.24, 2.45) is 0 Å². The molecule has 0 rings (SSSR count). The molecular weight excluding hydrogens is 156 g/mol. The van der Waals surface area contributed by atoms with E-state index in [9.17, 15) is 4.79 Å². The molecule has 0 heterocycles. The average Bonchev–Trinajstić information content (AvgIpc) is 2.01. The van der Waals surface area contributed by atoms with Crippen LogP contribution in [0.1, 0.15) is 20.3 Å². The first kappa shape index (κ1) is 11.4. The minimum Gasteiger partial charge on any atom is -0.392 e. The van der Waals surface area contributed by atoms with Gasteiger partial charge in [0.1, 0.15) is 0 Å². The summed E-state index contributed by atoms with van der Waals surface area (Å²) in [6, 6.07) is 0. The molecule has 0 aliphatic carbocycles. The van der Waals surface area contributed by atoms with Crippen LogP contribution in [0.2, 0.25) is 0 Å². The third kappa shape index (κ3) is 7.50. The fourth-order valence-electron chi connectivity index (χ4n) is 0.729. The SMILES string of the molecule is CCNCCC(=O)NCC(C)O. The second-order valence-corrected chi connectivity index (χ2v) is 2.76. The van der Waals surface area contributed by atoms with Gasteiger partial charge in [0.15, 0.2) is 0 Å². The molecule has 3 N–H and O–H groups in total. The van der Waals surface area contributed by atoms with Crippen LogP contribution in [0.5, 0.6) is 0 Å². The topological polar surface area (TPSA) is 61.4 Å². The average molecular weight is 174 g/mol. The molecular formula is C8H18N2O2. The van der Waals surface area contributed by atoms with Gasteiger partial charge >= 0.3 is 0 Å². The summed E-state index contributed by atoms with van der Waals surface area (Å²) in [5.41, 5.74) is 0. The van der Waals surface area contributed by atoms with Gasteiger partial charge in [-0.15, -0.1) is 0 Å². The Morgan fingerprint density at radius 3 is 2.75 bits per heavy atom. The first-order valence-corrected chi connectivity index (χ1v) is 4.32. The minimum atomic E-state index is -0.465. The van der Waals surface area contributed by atoms with Crippen molar-refractivity contribution >= 4 is 5.91 Å². The van der Waals surface area contributed by atoms with Gasteiger partial charge in [-0.3, -0.25) is 4.79 Å². The minimum absolute atomic E-state index is 0.0168. The van der Waals surface area contributed by atoms with Gasteiger partial charge in [-0.25, -0.2) is 0 Å². The lowest BCUT2D eigenvalue weighted by molar-refractivity contribution is -0.121. The number of rotatable bonds is 6. The van der Waals surface area contributed by atoms with Gasteiger partial charge in [0, 0.05) is 19.5 Å². The Labute approximate surface area is 73.3 Å². The van der Waals surface area contributed by atoms with E-state index in [1.165, 1.54) is 0 Å². The van der Waals surface area contributed by atoms with Gasteiger partial charge in [0.05, 0.1) is 6.10 Å². The molecule has 0 saturated heterocycles. The van der Waals surface area contributed by atoms with E-state index in [1.54, 1.807) is 6.92 Å². The van der Waals surface area contributed by atoms with Gasteiger partial charge in [-0.1, -0.05) is 6.92 Å². The van der Waals surface area contributed by atoms with Crippen LogP contribution in [0.4, 0.5) is 0 Å². The highest BCUT2D eigenvalue weighted by atomic mass is 16.3. The van der Waals surface area contributed by atoms with Crippen molar-refractivity contribution in [3.05, 3.63) is 0 Å². The Morgan fingerprint density at radius 1 is 1.58 bits per heavy atom. The number of hydrogen-bond acceptors (Lipinski definition) is 3. The summed E-state index contributed by atoms with van der Waals surface area (Å²) in [6.07, 6.45) is 0.00804. The highest BCUT2D eigenvalue weighted by molar-refractivity contribution is 5.76. The quantitative estimate of drug-likeness (QED) is 0.475. The van der Waals surface area contributed by atoms with E-state index in [0.717, 1.165) is 6.54 Å². The number of aliphatic hydroxyl groups excluding tert-OH is 1. The Morgan fingerprint density at radius 2 is 2.25 bits per heavy atom. The van der Waals surface area contributed by atoms with Crippen LogP contribution < -0.4 is 10.6 Å². The Kier molecular flexibility index (Phi) is 6.70. The second kappa shape index (κ2) is 7.06. The van der Waals surface area contributed by atoms with Gasteiger partial charge < -0.3 is 15.7 Å². The lowest BCUT2D eigenvalue weighted by Gasteiger charge is -2.06. The highest BCUT2D eigenvalue weighted by Crippen LogP contribution is 1.79. The molecule has 1 unspecified atom stereocenters. The number of amides is 1. The maximum atomic E-state index is 11.0. The second-order valence-electron chi connectivity index (χ2n) is 2.76. The van der Waals surface area contributed by atoms with Gasteiger partial charge in [-0.05, 0) is 13.5 Å². The molecule has 0 radical (unpaired) electrons. The predicted octanol–water partition coefficient (Wildman–Crippen LogP) is -0.517. The van der Waals surface area contributed by atoms with Crippen molar-refractivity contribution in [2.45, 2.75) is 26.4 Å². The molecule has 0 saturated carbocycles. The zero-order chi connectivity index (χ0) is 9.40. The number of carbonyl (C=O) groups excluding carboxylic acids is 1. The molecule has 1 atom stereocenters.